The summed E-state index contributed by atoms with van der Waals surface area (Å²) >= 11 is 3.34. The van der Waals surface area contributed by atoms with Crippen molar-refractivity contribution in [3.05, 3.63) is 58.6 Å². The molecule has 0 aliphatic rings. The lowest BCUT2D eigenvalue weighted by Crippen LogP contribution is -2.24. The van der Waals surface area contributed by atoms with Gasteiger partial charge in [0.1, 0.15) is 5.75 Å². The van der Waals surface area contributed by atoms with Gasteiger partial charge in [0, 0.05) is 10.7 Å². The molecule has 2 aromatic rings. The van der Waals surface area contributed by atoms with Gasteiger partial charge >= 0.3 is 0 Å². The van der Waals surface area contributed by atoms with Crippen molar-refractivity contribution in [2.24, 2.45) is 5.10 Å². The number of allylic oxidation sites excluding steroid dienone is 1. The average molecular weight is 419 g/mol. The summed E-state index contributed by atoms with van der Waals surface area (Å²) in [4.78, 5) is 11.7. The minimum Gasteiger partial charge on any atom is -0.497 e. The molecule has 2 aromatic carbocycles. The highest BCUT2D eigenvalue weighted by Crippen LogP contribution is 2.29. The first-order chi connectivity index (χ1) is 12.6. The quantitative estimate of drug-likeness (QED) is 0.524. The van der Waals surface area contributed by atoms with Crippen LogP contribution in [0.15, 0.2) is 58.1 Å². The van der Waals surface area contributed by atoms with Gasteiger partial charge in [-0.25, -0.2) is 5.43 Å². The molecule has 1 N–H and O–H groups in total. The van der Waals surface area contributed by atoms with Crippen LogP contribution in [0.5, 0.6) is 17.2 Å². The van der Waals surface area contributed by atoms with E-state index < -0.39 is 0 Å². The molecule has 0 aliphatic heterocycles. The Labute approximate surface area is 160 Å². The lowest BCUT2D eigenvalue weighted by atomic mass is 10.2. The number of amides is 1. The average Bonchev–Trinajstić information content (AvgIpc) is 2.67. The molecule has 7 heteroatoms. The lowest BCUT2D eigenvalue weighted by molar-refractivity contribution is -0.123. The van der Waals surface area contributed by atoms with Crippen LogP contribution >= 0.6 is 15.9 Å². The van der Waals surface area contributed by atoms with Crippen molar-refractivity contribution in [3.8, 4) is 17.2 Å². The Bertz CT molecular complexity index is 789. The molecule has 2 rings (SSSR count). The fourth-order valence-corrected chi connectivity index (χ4v) is 2.30. The van der Waals surface area contributed by atoms with Crippen molar-refractivity contribution in [2.75, 3.05) is 20.8 Å². The molecule has 0 saturated heterocycles. The van der Waals surface area contributed by atoms with E-state index in [0.717, 1.165) is 15.8 Å². The van der Waals surface area contributed by atoms with Crippen LogP contribution in [0.1, 0.15) is 5.56 Å². The van der Waals surface area contributed by atoms with Crippen molar-refractivity contribution in [1.82, 2.24) is 5.43 Å². The third-order valence-corrected chi connectivity index (χ3v) is 3.73. The molecule has 0 heterocycles. The number of methoxy groups -OCH3 is 2. The van der Waals surface area contributed by atoms with Crippen molar-refractivity contribution in [1.29, 1.82) is 0 Å². The van der Waals surface area contributed by atoms with E-state index in [-0.39, 0.29) is 12.5 Å². The summed E-state index contributed by atoms with van der Waals surface area (Å²) in [6.45, 7) is -0.169. The Kier molecular flexibility index (Phi) is 7.70. The summed E-state index contributed by atoms with van der Waals surface area (Å²) in [5.41, 5.74) is 3.39. The zero-order valence-corrected chi connectivity index (χ0v) is 16.0. The topological polar surface area (TPSA) is 69.2 Å². The fraction of sp³-hybridized carbons (Fsp3) is 0.158. The molecule has 136 valence electrons. The minimum absolute atomic E-state index is 0.169. The number of ether oxygens (including phenoxy) is 3. The van der Waals surface area contributed by atoms with E-state index in [2.05, 4.69) is 26.5 Å². The minimum atomic E-state index is -0.371. The maximum absolute atomic E-state index is 11.7. The maximum atomic E-state index is 11.7. The van der Waals surface area contributed by atoms with Gasteiger partial charge in [0.15, 0.2) is 18.1 Å². The maximum Gasteiger partial charge on any atom is 0.277 e. The van der Waals surface area contributed by atoms with Crippen molar-refractivity contribution < 1.29 is 19.0 Å². The predicted molar refractivity (Wildman–Crippen MR) is 105 cm³/mol. The van der Waals surface area contributed by atoms with E-state index in [9.17, 15) is 4.79 Å². The Morgan fingerprint density at radius 3 is 2.58 bits per heavy atom. The Hall–Kier alpha value is -2.80. The van der Waals surface area contributed by atoms with Gasteiger partial charge in [-0.2, -0.15) is 5.10 Å². The zero-order valence-electron chi connectivity index (χ0n) is 14.4. The fourth-order valence-electron chi connectivity index (χ4n) is 1.96. The van der Waals surface area contributed by atoms with Gasteiger partial charge in [-0.05, 0) is 42.0 Å². The monoisotopic (exact) mass is 418 g/mol. The largest absolute Gasteiger partial charge is 0.497 e. The van der Waals surface area contributed by atoms with Crippen LogP contribution in [0.25, 0.3) is 6.08 Å². The van der Waals surface area contributed by atoms with E-state index in [1.165, 1.54) is 13.3 Å². The molecule has 6 nitrogen and oxygen atoms in total. The highest BCUT2D eigenvalue weighted by Gasteiger charge is 2.07. The number of nitrogens with zero attached hydrogens (tertiary/aromatic N) is 1. The molecule has 0 aliphatic carbocycles. The number of benzene rings is 2. The molecular weight excluding hydrogens is 400 g/mol. The number of rotatable bonds is 8. The van der Waals surface area contributed by atoms with Crippen LogP contribution in [0, 0.1) is 0 Å². The third kappa shape index (κ3) is 6.25. The molecule has 0 aromatic heterocycles. The van der Waals surface area contributed by atoms with Crippen LogP contribution < -0.4 is 19.6 Å². The van der Waals surface area contributed by atoms with Gasteiger partial charge in [-0.3, -0.25) is 4.79 Å². The first-order valence-electron chi connectivity index (χ1n) is 7.71. The van der Waals surface area contributed by atoms with Crippen molar-refractivity contribution in [2.45, 2.75) is 0 Å². The van der Waals surface area contributed by atoms with E-state index in [0.29, 0.717) is 11.5 Å². The molecule has 0 bridgehead atoms. The van der Waals surface area contributed by atoms with E-state index >= 15 is 0 Å². The first kappa shape index (κ1) is 19.5. The zero-order chi connectivity index (χ0) is 18.8. The lowest BCUT2D eigenvalue weighted by Gasteiger charge is -2.09. The summed E-state index contributed by atoms with van der Waals surface area (Å²) in [6, 6.07) is 12.9. The number of carbonyl (C=O) groups excluding carboxylic acids is 1. The molecule has 1 amide bonds. The second-order valence-corrected chi connectivity index (χ2v) is 5.94. The summed E-state index contributed by atoms with van der Waals surface area (Å²) < 4.78 is 16.6. The van der Waals surface area contributed by atoms with Gasteiger partial charge in [-0.15, -0.1) is 0 Å². The summed E-state index contributed by atoms with van der Waals surface area (Å²) in [7, 11) is 3.16. The van der Waals surface area contributed by atoms with Crippen LogP contribution in [-0.2, 0) is 4.79 Å². The van der Waals surface area contributed by atoms with Gasteiger partial charge in [0.25, 0.3) is 5.91 Å². The molecule has 0 unspecified atom stereocenters. The predicted octanol–water partition coefficient (Wildman–Crippen LogP) is 3.66. The van der Waals surface area contributed by atoms with Crippen molar-refractivity contribution >= 4 is 34.1 Å². The molecule has 0 spiro atoms. The third-order valence-electron chi connectivity index (χ3n) is 3.24. The Morgan fingerprint density at radius 2 is 1.88 bits per heavy atom. The number of carbonyl (C=O) groups is 1. The summed E-state index contributed by atoms with van der Waals surface area (Å²) in [5.74, 6) is 1.45. The summed E-state index contributed by atoms with van der Waals surface area (Å²) in [6.07, 6.45) is 5.07. The first-order valence-corrected chi connectivity index (χ1v) is 8.50. The highest BCUT2D eigenvalue weighted by molar-refractivity contribution is 9.10. The Morgan fingerprint density at radius 1 is 1.12 bits per heavy atom. The molecule has 0 atom stereocenters. The van der Waals surface area contributed by atoms with Gasteiger partial charge in [0.05, 0.1) is 14.2 Å². The second-order valence-electron chi connectivity index (χ2n) is 5.03. The van der Waals surface area contributed by atoms with Crippen molar-refractivity contribution in [3.63, 3.8) is 0 Å². The molecule has 26 heavy (non-hydrogen) atoms. The van der Waals surface area contributed by atoms with Crippen LogP contribution in [0.3, 0.4) is 0 Å². The normalized spacial score (nSPS) is 10.9. The molecule has 0 fully saturated rings. The SMILES string of the molecule is COc1ccc(/C=C/C=N/NC(=O)COc2ccc(Br)cc2OC)cc1. The smallest absolute Gasteiger partial charge is 0.277 e. The van der Waals surface area contributed by atoms with Gasteiger partial charge in [0.2, 0.25) is 0 Å². The van der Waals surface area contributed by atoms with Crippen LogP contribution in [0.2, 0.25) is 0 Å². The number of halogens is 1. The van der Waals surface area contributed by atoms with E-state index in [1.807, 2.05) is 30.3 Å². The molecule has 0 radical (unpaired) electrons. The van der Waals surface area contributed by atoms with Crippen LogP contribution in [0.4, 0.5) is 0 Å². The highest BCUT2D eigenvalue weighted by atomic mass is 79.9. The summed E-state index contributed by atoms with van der Waals surface area (Å²) in [5, 5.41) is 3.83. The van der Waals surface area contributed by atoms with E-state index in [4.69, 9.17) is 14.2 Å². The van der Waals surface area contributed by atoms with Gasteiger partial charge in [-0.1, -0.05) is 34.1 Å². The van der Waals surface area contributed by atoms with Gasteiger partial charge < -0.3 is 14.2 Å². The van der Waals surface area contributed by atoms with Crippen LogP contribution in [-0.4, -0.2) is 32.9 Å². The standard InChI is InChI=1S/C19H19BrN2O4/c1-24-16-8-5-14(6-9-16)4-3-11-21-22-19(23)13-26-17-10-7-15(20)12-18(17)25-2/h3-12H,13H2,1-2H3,(H,22,23)/b4-3+,21-11+. The van der Waals surface area contributed by atoms with E-state index in [1.54, 1.807) is 31.4 Å². The second kappa shape index (κ2) is 10.2. The number of hydrazone groups is 1. The molecular formula is C19H19BrN2O4. The number of hydrogen-bond donors (Lipinski definition) is 1. The Balaban J connectivity index is 1.77. The molecule has 0 saturated carbocycles. The number of nitrogens with one attached hydrogen (secondary N) is 1. The number of hydrogen-bond acceptors (Lipinski definition) is 5.